The first-order valence-corrected chi connectivity index (χ1v) is 7.05. The quantitative estimate of drug-likeness (QED) is 0.749. The van der Waals surface area contributed by atoms with E-state index in [1.165, 1.54) is 11.3 Å². The molecule has 0 aliphatic rings. The molecule has 2 aromatic carbocycles. The first-order valence-electron chi connectivity index (χ1n) is 6.23. The highest BCUT2D eigenvalue weighted by atomic mass is 32.1. The number of carboxylic acids is 1. The van der Waals surface area contributed by atoms with E-state index in [1.54, 1.807) is 0 Å². The molecule has 3 heteroatoms. The molecule has 0 spiro atoms. The number of aromatic carboxylic acids is 1. The number of hydrogen-bond acceptors (Lipinski definition) is 2. The molecule has 3 rings (SSSR count). The Hall–Kier alpha value is -2.39. The van der Waals surface area contributed by atoms with Crippen LogP contribution in [0.3, 0.4) is 0 Å². The number of carbonyl (C=O) groups is 1. The summed E-state index contributed by atoms with van der Waals surface area (Å²) in [6.07, 6.45) is 0. The molecule has 0 saturated carbocycles. The van der Waals surface area contributed by atoms with Crippen LogP contribution in [0.5, 0.6) is 0 Å². The SMILES string of the molecule is O=C(O)c1sc(-c2ccccc2)cc1-c1ccccc1. The van der Waals surface area contributed by atoms with Gasteiger partial charge in [0.25, 0.3) is 0 Å². The zero-order chi connectivity index (χ0) is 13.9. The van der Waals surface area contributed by atoms with Gasteiger partial charge >= 0.3 is 5.97 Å². The number of hydrogen-bond donors (Lipinski definition) is 1. The largest absolute Gasteiger partial charge is 0.477 e. The lowest BCUT2D eigenvalue weighted by Gasteiger charge is -1.99. The molecule has 2 nitrogen and oxygen atoms in total. The van der Waals surface area contributed by atoms with Crippen LogP contribution in [0.1, 0.15) is 9.67 Å². The Morgan fingerprint density at radius 2 is 1.40 bits per heavy atom. The van der Waals surface area contributed by atoms with E-state index in [1.807, 2.05) is 66.7 Å². The van der Waals surface area contributed by atoms with E-state index in [0.29, 0.717) is 4.88 Å². The predicted octanol–water partition coefficient (Wildman–Crippen LogP) is 4.78. The van der Waals surface area contributed by atoms with E-state index in [0.717, 1.165) is 21.6 Å². The third-order valence-electron chi connectivity index (χ3n) is 3.07. The molecule has 0 fully saturated rings. The standard InChI is InChI=1S/C17H12O2S/c18-17(19)16-14(12-7-3-1-4-8-12)11-15(20-16)13-9-5-2-6-10-13/h1-11H,(H,18,19). The van der Waals surface area contributed by atoms with Crippen molar-refractivity contribution >= 4 is 17.3 Å². The average molecular weight is 280 g/mol. The number of thiophene rings is 1. The van der Waals surface area contributed by atoms with E-state index in [2.05, 4.69) is 0 Å². The van der Waals surface area contributed by atoms with E-state index in [-0.39, 0.29) is 0 Å². The van der Waals surface area contributed by atoms with Gasteiger partial charge in [0.2, 0.25) is 0 Å². The topological polar surface area (TPSA) is 37.3 Å². The molecule has 0 aliphatic carbocycles. The fraction of sp³-hybridized carbons (Fsp3) is 0. The highest BCUT2D eigenvalue weighted by molar-refractivity contribution is 7.17. The lowest BCUT2D eigenvalue weighted by atomic mass is 10.0. The predicted molar refractivity (Wildman–Crippen MR) is 82.2 cm³/mol. The first-order chi connectivity index (χ1) is 9.75. The summed E-state index contributed by atoms with van der Waals surface area (Å²) in [6, 6.07) is 21.4. The highest BCUT2D eigenvalue weighted by Crippen LogP contribution is 2.37. The minimum Gasteiger partial charge on any atom is -0.477 e. The lowest BCUT2D eigenvalue weighted by molar-refractivity contribution is 0.0703. The normalized spacial score (nSPS) is 10.4. The fourth-order valence-electron chi connectivity index (χ4n) is 2.13. The molecule has 1 heterocycles. The van der Waals surface area contributed by atoms with Crippen molar-refractivity contribution in [3.05, 3.63) is 71.6 Å². The molecule has 0 aliphatic heterocycles. The van der Waals surface area contributed by atoms with Crippen molar-refractivity contribution in [3.8, 4) is 21.6 Å². The maximum absolute atomic E-state index is 11.5. The van der Waals surface area contributed by atoms with E-state index in [4.69, 9.17) is 0 Å². The molecule has 1 aromatic heterocycles. The Balaban J connectivity index is 2.15. The van der Waals surface area contributed by atoms with Crippen molar-refractivity contribution in [3.63, 3.8) is 0 Å². The highest BCUT2D eigenvalue weighted by Gasteiger charge is 2.17. The Morgan fingerprint density at radius 1 is 0.850 bits per heavy atom. The third-order valence-corrected chi connectivity index (χ3v) is 4.24. The lowest BCUT2D eigenvalue weighted by Crippen LogP contribution is -1.93. The van der Waals surface area contributed by atoms with Crippen LogP contribution in [0.25, 0.3) is 21.6 Å². The molecule has 0 unspecified atom stereocenters. The van der Waals surface area contributed by atoms with Crippen LogP contribution in [-0.4, -0.2) is 11.1 Å². The van der Waals surface area contributed by atoms with Crippen LogP contribution in [0.4, 0.5) is 0 Å². The molecule has 20 heavy (non-hydrogen) atoms. The second-order valence-electron chi connectivity index (χ2n) is 4.39. The zero-order valence-corrected chi connectivity index (χ0v) is 11.4. The van der Waals surface area contributed by atoms with Gasteiger partial charge in [-0.1, -0.05) is 60.7 Å². The van der Waals surface area contributed by atoms with Gasteiger partial charge in [-0.3, -0.25) is 0 Å². The van der Waals surface area contributed by atoms with Crippen molar-refractivity contribution in [2.75, 3.05) is 0 Å². The van der Waals surface area contributed by atoms with E-state index >= 15 is 0 Å². The summed E-state index contributed by atoms with van der Waals surface area (Å²) in [5, 5.41) is 9.40. The summed E-state index contributed by atoms with van der Waals surface area (Å²) < 4.78 is 0. The van der Waals surface area contributed by atoms with Gasteiger partial charge in [-0.05, 0) is 17.2 Å². The maximum Gasteiger partial charge on any atom is 0.346 e. The molecule has 1 N–H and O–H groups in total. The Morgan fingerprint density at radius 3 is 1.95 bits per heavy atom. The number of rotatable bonds is 3. The summed E-state index contributed by atoms with van der Waals surface area (Å²) in [5.74, 6) is -0.879. The van der Waals surface area contributed by atoms with Crippen molar-refractivity contribution in [1.82, 2.24) is 0 Å². The Labute approximate surface area is 121 Å². The second-order valence-corrected chi connectivity index (χ2v) is 5.44. The van der Waals surface area contributed by atoms with Gasteiger partial charge < -0.3 is 5.11 Å². The number of carboxylic acid groups (broad SMARTS) is 1. The van der Waals surface area contributed by atoms with Gasteiger partial charge in [-0.25, -0.2) is 4.79 Å². The monoisotopic (exact) mass is 280 g/mol. The molecule has 0 saturated heterocycles. The summed E-state index contributed by atoms with van der Waals surface area (Å²) >= 11 is 1.32. The average Bonchev–Trinajstić information content (AvgIpc) is 2.94. The smallest absolute Gasteiger partial charge is 0.346 e. The van der Waals surface area contributed by atoms with Crippen LogP contribution < -0.4 is 0 Å². The molecule has 3 aromatic rings. The van der Waals surface area contributed by atoms with Crippen molar-refractivity contribution < 1.29 is 9.90 Å². The zero-order valence-electron chi connectivity index (χ0n) is 10.6. The Bertz CT molecular complexity index is 730. The third kappa shape index (κ3) is 2.36. The van der Waals surface area contributed by atoms with E-state index < -0.39 is 5.97 Å². The van der Waals surface area contributed by atoms with Crippen molar-refractivity contribution in [2.24, 2.45) is 0 Å². The minimum absolute atomic E-state index is 0.384. The molecular formula is C17H12O2S. The van der Waals surface area contributed by atoms with Gasteiger partial charge in [0.15, 0.2) is 0 Å². The van der Waals surface area contributed by atoms with Gasteiger partial charge in [0.05, 0.1) is 0 Å². The maximum atomic E-state index is 11.5. The molecule has 98 valence electrons. The van der Waals surface area contributed by atoms with Crippen LogP contribution in [0.15, 0.2) is 66.7 Å². The fourth-order valence-corrected chi connectivity index (χ4v) is 3.15. The molecular weight excluding hydrogens is 268 g/mol. The minimum atomic E-state index is -0.879. The van der Waals surface area contributed by atoms with Crippen molar-refractivity contribution in [1.29, 1.82) is 0 Å². The molecule has 0 amide bonds. The first kappa shape index (κ1) is 12.6. The van der Waals surface area contributed by atoms with Gasteiger partial charge in [-0.15, -0.1) is 11.3 Å². The van der Waals surface area contributed by atoms with Gasteiger partial charge in [0.1, 0.15) is 4.88 Å². The van der Waals surface area contributed by atoms with Crippen LogP contribution in [0, 0.1) is 0 Å². The van der Waals surface area contributed by atoms with Crippen LogP contribution in [-0.2, 0) is 0 Å². The summed E-state index contributed by atoms with van der Waals surface area (Å²) in [6.45, 7) is 0. The summed E-state index contributed by atoms with van der Waals surface area (Å²) in [5.41, 5.74) is 2.76. The van der Waals surface area contributed by atoms with Crippen molar-refractivity contribution in [2.45, 2.75) is 0 Å². The number of benzene rings is 2. The van der Waals surface area contributed by atoms with Gasteiger partial charge in [-0.2, -0.15) is 0 Å². The van der Waals surface area contributed by atoms with Gasteiger partial charge in [0, 0.05) is 10.4 Å². The Kier molecular flexibility index (Phi) is 3.35. The van der Waals surface area contributed by atoms with Crippen LogP contribution in [0.2, 0.25) is 0 Å². The molecule has 0 bridgehead atoms. The summed E-state index contributed by atoms with van der Waals surface area (Å²) in [4.78, 5) is 12.8. The van der Waals surface area contributed by atoms with Crippen LogP contribution >= 0.6 is 11.3 Å². The second kappa shape index (κ2) is 5.31. The summed E-state index contributed by atoms with van der Waals surface area (Å²) in [7, 11) is 0. The molecule has 0 radical (unpaired) electrons. The van der Waals surface area contributed by atoms with E-state index in [9.17, 15) is 9.90 Å². The molecule has 0 atom stereocenters.